The van der Waals surface area contributed by atoms with E-state index in [1.54, 1.807) is 7.11 Å². The molecule has 0 radical (unpaired) electrons. The normalized spacial score (nSPS) is 10.7. The molecule has 118 valence electrons. The predicted octanol–water partition coefficient (Wildman–Crippen LogP) is 3.77. The summed E-state index contributed by atoms with van der Waals surface area (Å²) in [5, 5.41) is 4.36. The van der Waals surface area contributed by atoms with Crippen LogP contribution in [0.4, 0.5) is 5.69 Å². The molecule has 0 spiro atoms. The van der Waals surface area contributed by atoms with Gasteiger partial charge in [-0.2, -0.15) is 0 Å². The van der Waals surface area contributed by atoms with E-state index in [-0.39, 0.29) is 5.56 Å². The summed E-state index contributed by atoms with van der Waals surface area (Å²) >= 11 is 0. The van der Waals surface area contributed by atoms with Crippen LogP contribution in [-0.2, 0) is 6.54 Å². The first-order chi connectivity index (χ1) is 11.1. The molecule has 2 N–H and O–H groups in total. The second-order valence-electron chi connectivity index (χ2n) is 5.67. The van der Waals surface area contributed by atoms with E-state index in [0.717, 1.165) is 33.5 Å². The first kappa shape index (κ1) is 15.2. The highest BCUT2D eigenvalue weighted by Crippen LogP contribution is 2.24. The van der Waals surface area contributed by atoms with E-state index in [4.69, 9.17) is 4.74 Å². The van der Waals surface area contributed by atoms with Gasteiger partial charge in [0, 0.05) is 17.5 Å². The van der Waals surface area contributed by atoms with Gasteiger partial charge in [0.15, 0.2) is 0 Å². The van der Waals surface area contributed by atoms with Crippen LogP contribution < -0.4 is 15.6 Å². The second kappa shape index (κ2) is 6.16. The molecule has 0 aliphatic heterocycles. The van der Waals surface area contributed by atoms with Crippen molar-refractivity contribution in [3.63, 3.8) is 0 Å². The highest BCUT2D eigenvalue weighted by atomic mass is 16.5. The van der Waals surface area contributed by atoms with Gasteiger partial charge in [0.1, 0.15) is 5.75 Å². The molecule has 0 aliphatic rings. The molecule has 1 aromatic heterocycles. The number of ether oxygens (including phenoxy) is 1. The number of aromatic amines is 1. The minimum Gasteiger partial charge on any atom is -0.495 e. The lowest BCUT2D eigenvalue weighted by Crippen LogP contribution is -2.16. The van der Waals surface area contributed by atoms with Crippen LogP contribution >= 0.6 is 0 Å². The van der Waals surface area contributed by atoms with Gasteiger partial charge in [-0.15, -0.1) is 0 Å². The SMILES string of the molecule is COc1ccccc1NCc1cc2c(C)ccc(C)c2[nH]c1=O. The molecule has 0 atom stereocenters. The molecular formula is C19H20N2O2. The number of H-pyrrole nitrogens is 1. The number of anilines is 1. The van der Waals surface area contributed by atoms with Crippen molar-refractivity contribution in [3.05, 3.63) is 69.5 Å². The Labute approximate surface area is 135 Å². The minimum absolute atomic E-state index is 0.0615. The topological polar surface area (TPSA) is 54.1 Å². The van der Waals surface area contributed by atoms with Gasteiger partial charge in [-0.05, 0) is 43.2 Å². The summed E-state index contributed by atoms with van der Waals surface area (Å²) in [6.07, 6.45) is 0. The van der Waals surface area contributed by atoms with Gasteiger partial charge in [-0.1, -0.05) is 24.3 Å². The number of nitrogens with one attached hydrogen (secondary N) is 2. The maximum Gasteiger partial charge on any atom is 0.253 e. The van der Waals surface area contributed by atoms with Crippen molar-refractivity contribution < 1.29 is 4.74 Å². The highest BCUT2D eigenvalue weighted by Gasteiger charge is 2.08. The maximum absolute atomic E-state index is 12.3. The molecule has 4 heteroatoms. The van der Waals surface area contributed by atoms with Gasteiger partial charge in [-0.3, -0.25) is 4.79 Å². The Bertz CT molecular complexity index is 913. The van der Waals surface area contributed by atoms with Gasteiger partial charge < -0.3 is 15.0 Å². The molecule has 0 unspecified atom stereocenters. The third kappa shape index (κ3) is 2.93. The van der Waals surface area contributed by atoms with Crippen molar-refractivity contribution in [2.24, 2.45) is 0 Å². The zero-order valence-corrected chi connectivity index (χ0v) is 13.6. The van der Waals surface area contributed by atoms with Crippen molar-refractivity contribution in [3.8, 4) is 5.75 Å². The summed E-state index contributed by atoms with van der Waals surface area (Å²) in [7, 11) is 1.63. The number of fused-ring (bicyclic) bond motifs is 1. The third-order valence-corrected chi connectivity index (χ3v) is 4.10. The van der Waals surface area contributed by atoms with E-state index in [1.165, 1.54) is 0 Å². The predicted molar refractivity (Wildman–Crippen MR) is 94.4 cm³/mol. The summed E-state index contributed by atoms with van der Waals surface area (Å²) in [6.45, 7) is 4.50. The Kier molecular flexibility index (Phi) is 4.06. The molecule has 0 aliphatic carbocycles. The maximum atomic E-state index is 12.3. The molecule has 3 rings (SSSR count). The number of benzene rings is 2. The van der Waals surface area contributed by atoms with Crippen LogP contribution in [0.1, 0.15) is 16.7 Å². The third-order valence-electron chi connectivity index (χ3n) is 4.10. The average Bonchev–Trinajstić information content (AvgIpc) is 2.57. The molecule has 0 saturated carbocycles. The first-order valence-corrected chi connectivity index (χ1v) is 7.59. The lowest BCUT2D eigenvalue weighted by atomic mass is 10.0. The number of rotatable bonds is 4. The fraction of sp³-hybridized carbons (Fsp3) is 0.211. The number of pyridine rings is 1. The van der Waals surface area contributed by atoms with Crippen LogP contribution in [-0.4, -0.2) is 12.1 Å². The van der Waals surface area contributed by atoms with Crippen LogP contribution in [0.5, 0.6) is 5.75 Å². The molecule has 2 aromatic carbocycles. The van der Waals surface area contributed by atoms with E-state index in [2.05, 4.69) is 23.3 Å². The van der Waals surface area contributed by atoms with Crippen LogP contribution in [0.2, 0.25) is 0 Å². The van der Waals surface area contributed by atoms with E-state index in [1.807, 2.05) is 43.3 Å². The number of aryl methyl sites for hydroxylation is 2. The Hall–Kier alpha value is -2.75. The van der Waals surface area contributed by atoms with Crippen molar-refractivity contribution in [1.29, 1.82) is 0 Å². The molecule has 3 aromatic rings. The van der Waals surface area contributed by atoms with Gasteiger partial charge in [0.25, 0.3) is 5.56 Å². The summed E-state index contributed by atoms with van der Waals surface area (Å²) in [5.74, 6) is 0.761. The van der Waals surface area contributed by atoms with Gasteiger partial charge in [0.2, 0.25) is 0 Å². The summed E-state index contributed by atoms with van der Waals surface area (Å²) in [6, 6.07) is 13.7. The van der Waals surface area contributed by atoms with E-state index >= 15 is 0 Å². The number of hydrogen-bond donors (Lipinski definition) is 2. The fourth-order valence-corrected chi connectivity index (χ4v) is 2.73. The highest BCUT2D eigenvalue weighted by molar-refractivity contribution is 5.85. The molecule has 0 bridgehead atoms. The van der Waals surface area contributed by atoms with Crippen molar-refractivity contribution >= 4 is 16.6 Å². The average molecular weight is 308 g/mol. The summed E-state index contributed by atoms with van der Waals surface area (Å²) in [4.78, 5) is 15.4. The Morgan fingerprint density at radius 3 is 2.61 bits per heavy atom. The van der Waals surface area contributed by atoms with Gasteiger partial charge in [-0.25, -0.2) is 0 Å². The van der Waals surface area contributed by atoms with Gasteiger partial charge >= 0.3 is 0 Å². The number of methoxy groups -OCH3 is 1. The van der Waals surface area contributed by atoms with E-state index < -0.39 is 0 Å². The smallest absolute Gasteiger partial charge is 0.253 e. The van der Waals surface area contributed by atoms with Crippen molar-refractivity contribution in [1.82, 2.24) is 4.98 Å². The molecule has 0 fully saturated rings. The Balaban J connectivity index is 1.96. The molecule has 0 amide bonds. The van der Waals surface area contributed by atoms with Crippen LogP contribution in [0.15, 0.2) is 47.3 Å². The fourth-order valence-electron chi connectivity index (χ4n) is 2.73. The standard InChI is InChI=1S/C19H20N2O2/c1-12-8-9-13(2)18-15(12)10-14(19(22)21-18)11-20-16-6-4-5-7-17(16)23-3/h4-10,20H,11H2,1-3H3,(H,21,22). The zero-order valence-electron chi connectivity index (χ0n) is 13.6. The molecular weight excluding hydrogens is 288 g/mol. The van der Waals surface area contributed by atoms with Crippen LogP contribution in [0.3, 0.4) is 0 Å². The lowest BCUT2D eigenvalue weighted by molar-refractivity contribution is 0.416. The first-order valence-electron chi connectivity index (χ1n) is 7.59. The molecule has 4 nitrogen and oxygen atoms in total. The minimum atomic E-state index is -0.0615. The summed E-state index contributed by atoms with van der Waals surface area (Å²) < 4.78 is 5.32. The van der Waals surface area contributed by atoms with Gasteiger partial charge in [0.05, 0.1) is 18.3 Å². The monoisotopic (exact) mass is 308 g/mol. The van der Waals surface area contributed by atoms with Crippen molar-refractivity contribution in [2.45, 2.75) is 20.4 Å². The number of para-hydroxylation sites is 2. The quantitative estimate of drug-likeness (QED) is 0.771. The zero-order chi connectivity index (χ0) is 16.4. The van der Waals surface area contributed by atoms with E-state index in [9.17, 15) is 4.79 Å². The van der Waals surface area contributed by atoms with Crippen LogP contribution in [0, 0.1) is 13.8 Å². The summed E-state index contributed by atoms with van der Waals surface area (Å²) in [5.41, 5.74) is 4.66. The number of aromatic nitrogens is 1. The molecule has 23 heavy (non-hydrogen) atoms. The van der Waals surface area contributed by atoms with E-state index in [0.29, 0.717) is 12.1 Å². The van der Waals surface area contributed by atoms with Crippen molar-refractivity contribution in [2.75, 3.05) is 12.4 Å². The van der Waals surface area contributed by atoms with Crippen LogP contribution in [0.25, 0.3) is 10.9 Å². The Morgan fingerprint density at radius 2 is 1.83 bits per heavy atom. The number of hydrogen-bond acceptors (Lipinski definition) is 3. The molecule has 0 saturated heterocycles. The molecule has 1 heterocycles. The Morgan fingerprint density at radius 1 is 1.09 bits per heavy atom. The second-order valence-corrected chi connectivity index (χ2v) is 5.67. The lowest BCUT2D eigenvalue weighted by Gasteiger charge is -2.12. The largest absolute Gasteiger partial charge is 0.495 e.